The molecule has 0 aliphatic heterocycles. The average molecular weight is 260 g/mol. The molecule has 0 heterocycles. The van der Waals surface area contributed by atoms with Crippen molar-refractivity contribution in [1.82, 2.24) is 0 Å². The lowest BCUT2D eigenvalue weighted by molar-refractivity contribution is 0.530. The molecule has 0 amide bonds. The molecule has 0 aromatic heterocycles. The highest BCUT2D eigenvalue weighted by molar-refractivity contribution is 5.85. The van der Waals surface area contributed by atoms with Crippen LogP contribution in [-0.2, 0) is 0 Å². The summed E-state index contributed by atoms with van der Waals surface area (Å²) in [4.78, 5) is 0. The van der Waals surface area contributed by atoms with Crippen LogP contribution >= 0.6 is 12.4 Å². The van der Waals surface area contributed by atoms with Gasteiger partial charge in [-0.05, 0) is 29.5 Å². The first kappa shape index (κ1) is 13.1. The molecule has 2 N–H and O–H groups in total. The van der Waals surface area contributed by atoms with Gasteiger partial charge in [-0.1, -0.05) is 54.6 Å². The first-order chi connectivity index (χ1) is 8.36. The highest BCUT2D eigenvalue weighted by Crippen LogP contribution is 2.39. The van der Waals surface area contributed by atoms with E-state index in [-0.39, 0.29) is 18.4 Å². The third kappa shape index (κ3) is 2.29. The van der Waals surface area contributed by atoms with Gasteiger partial charge in [0.2, 0.25) is 0 Å². The number of benzene rings is 2. The van der Waals surface area contributed by atoms with Crippen LogP contribution < -0.4 is 5.73 Å². The van der Waals surface area contributed by atoms with Crippen molar-refractivity contribution in [2.45, 2.75) is 24.8 Å². The topological polar surface area (TPSA) is 26.0 Å². The largest absolute Gasteiger partial charge is 0.324 e. The van der Waals surface area contributed by atoms with Crippen molar-refractivity contribution in [2.75, 3.05) is 0 Å². The zero-order valence-corrected chi connectivity index (χ0v) is 11.1. The summed E-state index contributed by atoms with van der Waals surface area (Å²) >= 11 is 0. The summed E-state index contributed by atoms with van der Waals surface area (Å²) in [7, 11) is 0. The molecule has 0 saturated heterocycles. The molecule has 2 aromatic rings. The summed E-state index contributed by atoms with van der Waals surface area (Å²) in [6.45, 7) is 0. The molecule has 2 atom stereocenters. The lowest BCUT2D eigenvalue weighted by Crippen LogP contribution is -2.20. The van der Waals surface area contributed by atoms with E-state index in [0.717, 1.165) is 12.8 Å². The van der Waals surface area contributed by atoms with Crippen LogP contribution in [0.3, 0.4) is 0 Å². The summed E-state index contributed by atoms with van der Waals surface area (Å²) < 4.78 is 0. The normalized spacial score (nSPS) is 21.8. The molecule has 2 aromatic carbocycles. The first-order valence-electron chi connectivity index (χ1n) is 6.25. The van der Waals surface area contributed by atoms with E-state index in [4.69, 9.17) is 5.73 Å². The van der Waals surface area contributed by atoms with Crippen LogP contribution in [0, 0.1) is 0 Å². The number of nitrogens with two attached hydrogens (primary N) is 1. The fraction of sp³-hybridized carbons (Fsp3) is 0.250. The molecule has 1 aliphatic carbocycles. The van der Waals surface area contributed by atoms with Crippen LogP contribution in [0.1, 0.15) is 41.5 Å². The summed E-state index contributed by atoms with van der Waals surface area (Å²) in [6, 6.07) is 19.6. The number of halogens is 1. The molecule has 0 saturated carbocycles. The maximum atomic E-state index is 6.19. The van der Waals surface area contributed by atoms with Gasteiger partial charge in [0.05, 0.1) is 0 Å². The third-order valence-electron chi connectivity index (χ3n) is 3.74. The van der Waals surface area contributed by atoms with Gasteiger partial charge in [0.25, 0.3) is 0 Å². The highest BCUT2D eigenvalue weighted by Gasteiger charge is 2.25. The van der Waals surface area contributed by atoms with Gasteiger partial charge in [0.1, 0.15) is 0 Å². The fourth-order valence-corrected chi connectivity index (χ4v) is 2.85. The maximum Gasteiger partial charge on any atom is 0.0298 e. The SMILES string of the molecule is Cl.N[C@H]1CC[C@H](c2ccccc2)c2ccccc21. The van der Waals surface area contributed by atoms with Crippen LogP contribution in [0.4, 0.5) is 0 Å². The van der Waals surface area contributed by atoms with Crippen LogP contribution in [0.25, 0.3) is 0 Å². The highest BCUT2D eigenvalue weighted by atomic mass is 35.5. The molecule has 1 nitrogen and oxygen atoms in total. The Bertz CT molecular complexity index is 510. The third-order valence-corrected chi connectivity index (χ3v) is 3.74. The van der Waals surface area contributed by atoms with Crippen molar-refractivity contribution in [3.63, 3.8) is 0 Å². The molecule has 2 heteroatoms. The standard InChI is InChI=1S/C16H17N.ClH/c17-16-11-10-13(12-6-2-1-3-7-12)14-8-4-5-9-15(14)16;/h1-9,13,16H,10-11,17H2;1H/t13-,16+;/m1./s1. The molecule has 94 valence electrons. The van der Waals surface area contributed by atoms with Crippen LogP contribution in [0.15, 0.2) is 54.6 Å². The molecule has 0 bridgehead atoms. The number of hydrogen-bond acceptors (Lipinski definition) is 1. The van der Waals surface area contributed by atoms with Crippen molar-refractivity contribution < 1.29 is 0 Å². The van der Waals surface area contributed by atoms with E-state index in [0.29, 0.717) is 5.92 Å². The van der Waals surface area contributed by atoms with Crippen molar-refractivity contribution in [1.29, 1.82) is 0 Å². The second kappa shape index (κ2) is 5.55. The Labute approximate surface area is 114 Å². The van der Waals surface area contributed by atoms with Gasteiger partial charge < -0.3 is 5.73 Å². The minimum absolute atomic E-state index is 0. The zero-order chi connectivity index (χ0) is 11.7. The minimum atomic E-state index is 0. The molecule has 18 heavy (non-hydrogen) atoms. The second-order valence-corrected chi connectivity index (χ2v) is 4.78. The van der Waals surface area contributed by atoms with E-state index in [2.05, 4.69) is 54.6 Å². The van der Waals surface area contributed by atoms with Crippen LogP contribution in [0.2, 0.25) is 0 Å². The first-order valence-corrected chi connectivity index (χ1v) is 6.25. The Morgan fingerprint density at radius 2 is 1.39 bits per heavy atom. The van der Waals surface area contributed by atoms with Gasteiger partial charge in [-0.2, -0.15) is 0 Å². The summed E-state index contributed by atoms with van der Waals surface area (Å²) in [5.41, 5.74) is 10.3. The number of fused-ring (bicyclic) bond motifs is 1. The van der Waals surface area contributed by atoms with E-state index in [9.17, 15) is 0 Å². The minimum Gasteiger partial charge on any atom is -0.324 e. The van der Waals surface area contributed by atoms with E-state index in [1.165, 1.54) is 16.7 Å². The molecule has 0 fully saturated rings. The Morgan fingerprint density at radius 3 is 2.11 bits per heavy atom. The molecule has 1 aliphatic rings. The van der Waals surface area contributed by atoms with Crippen molar-refractivity contribution in [2.24, 2.45) is 5.73 Å². The molecular weight excluding hydrogens is 242 g/mol. The lowest BCUT2D eigenvalue weighted by atomic mass is 9.77. The Kier molecular flexibility index (Phi) is 4.05. The van der Waals surface area contributed by atoms with Gasteiger partial charge in [-0.3, -0.25) is 0 Å². The average Bonchev–Trinajstić information content (AvgIpc) is 2.41. The van der Waals surface area contributed by atoms with Crippen LogP contribution in [-0.4, -0.2) is 0 Å². The summed E-state index contributed by atoms with van der Waals surface area (Å²) in [5, 5.41) is 0. The molecule has 0 unspecified atom stereocenters. The Hall–Kier alpha value is -1.31. The molecular formula is C16H18ClN. The monoisotopic (exact) mass is 259 g/mol. The van der Waals surface area contributed by atoms with Crippen molar-refractivity contribution in [3.05, 3.63) is 71.3 Å². The zero-order valence-electron chi connectivity index (χ0n) is 10.3. The summed E-state index contributed by atoms with van der Waals surface area (Å²) in [5.74, 6) is 0.521. The molecule has 0 radical (unpaired) electrons. The number of rotatable bonds is 1. The number of hydrogen-bond donors (Lipinski definition) is 1. The van der Waals surface area contributed by atoms with Crippen molar-refractivity contribution in [3.8, 4) is 0 Å². The van der Waals surface area contributed by atoms with Gasteiger partial charge in [0.15, 0.2) is 0 Å². The Balaban J connectivity index is 0.00000120. The predicted octanol–water partition coefficient (Wildman–Crippen LogP) is 4.03. The quantitative estimate of drug-likeness (QED) is 0.822. The molecule has 3 rings (SSSR count). The smallest absolute Gasteiger partial charge is 0.0298 e. The van der Waals surface area contributed by atoms with E-state index in [1.54, 1.807) is 0 Å². The van der Waals surface area contributed by atoms with E-state index < -0.39 is 0 Å². The van der Waals surface area contributed by atoms with E-state index >= 15 is 0 Å². The fourth-order valence-electron chi connectivity index (χ4n) is 2.85. The van der Waals surface area contributed by atoms with E-state index in [1.807, 2.05) is 0 Å². The predicted molar refractivity (Wildman–Crippen MR) is 78.1 cm³/mol. The van der Waals surface area contributed by atoms with Crippen LogP contribution in [0.5, 0.6) is 0 Å². The molecule has 0 spiro atoms. The maximum absolute atomic E-state index is 6.19. The van der Waals surface area contributed by atoms with Crippen molar-refractivity contribution >= 4 is 12.4 Å². The Morgan fingerprint density at radius 1 is 0.778 bits per heavy atom. The second-order valence-electron chi connectivity index (χ2n) is 4.78. The van der Waals surface area contributed by atoms with Gasteiger partial charge in [0, 0.05) is 12.0 Å². The summed E-state index contributed by atoms with van der Waals surface area (Å²) in [6.07, 6.45) is 2.23. The van der Waals surface area contributed by atoms with Gasteiger partial charge in [-0.15, -0.1) is 12.4 Å². The lowest BCUT2D eigenvalue weighted by Gasteiger charge is -2.29. The van der Waals surface area contributed by atoms with Gasteiger partial charge in [-0.25, -0.2) is 0 Å². The van der Waals surface area contributed by atoms with Gasteiger partial charge >= 0.3 is 0 Å².